The zero-order chi connectivity index (χ0) is 12.3. The van der Waals surface area contributed by atoms with Crippen LogP contribution >= 0.6 is 11.3 Å². The van der Waals surface area contributed by atoms with Crippen molar-refractivity contribution in [2.45, 2.75) is 32.3 Å². The number of nitrogen functional groups attached to an aromatic ring is 1. The summed E-state index contributed by atoms with van der Waals surface area (Å²) in [5.74, 6) is -0.0882. The molecular formula is C11H17N3O2S. The molecule has 0 bridgehead atoms. The van der Waals surface area contributed by atoms with Crippen molar-refractivity contribution in [3.8, 4) is 0 Å². The fourth-order valence-electron chi connectivity index (χ4n) is 1.93. The summed E-state index contributed by atoms with van der Waals surface area (Å²) in [7, 11) is 0. The fourth-order valence-corrected chi connectivity index (χ4v) is 2.68. The Kier molecular flexibility index (Phi) is 3.96. The first-order valence-corrected chi connectivity index (χ1v) is 6.61. The Balaban J connectivity index is 1.78. The van der Waals surface area contributed by atoms with Gasteiger partial charge >= 0.3 is 0 Å². The third kappa shape index (κ3) is 3.17. The van der Waals surface area contributed by atoms with Crippen LogP contribution in [-0.2, 0) is 4.74 Å². The van der Waals surface area contributed by atoms with Gasteiger partial charge in [-0.25, -0.2) is 4.98 Å². The number of nitrogens with one attached hydrogen (secondary N) is 1. The Labute approximate surface area is 104 Å². The number of hydrogen-bond acceptors (Lipinski definition) is 5. The number of carbonyl (C=O) groups is 1. The number of rotatable bonds is 4. The summed E-state index contributed by atoms with van der Waals surface area (Å²) in [5.41, 5.74) is 6.25. The van der Waals surface area contributed by atoms with Crippen LogP contribution < -0.4 is 11.1 Å². The zero-order valence-electron chi connectivity index (χ0n) is 9.86. The molecule has 1 aliphatic heterocycles. The average molecular weight is 255 g/mol. The lowest BCUT2D eigenvalue weighted by Crippen LogP contribution is -2.26. The predicted octanol–water partition coefficient (Wildman–Crippen LogP) is 1.33. The van der Waals surface area contributed by atoms with Gasteiger partial charge in [0, 0.05) is 13.2 Å². The number of hydrogen-bond donors (Lipinski definition) is 2. The summed E-state index contributed by atoms with van der Waals surface area (Å²) in [5, 5.41) is 3.31. The maximum Gasteiger partial charge on any atom is 0.263 e. The second-order valence-electron chi connectivity index (χ2n) is 4.15. The fraction of sp³-hybridized carbons (Fsp3) is 0.636. The van der Waals surface area contributed by atoms with Crippen molar-refractivity contribution in [3.05, 3.63) is 10.6 Å². The van der Waals surface area contributed by atoms with Gasteiger partial charge in [-0.15, -0.1) is 0 Å². The molecule has 0 saturated carbocycles. The molecule has 1 aromatic rings. The predicted molar refractivity (Wildman–Crippen MR) is 67.2 cm³/mol. The monoisotopic (exact) mass is 255 g/mol. The lowest BCUT2D eigenvalue weighted by Gasteiger charge is -2.09. The molecule has 1 amide bonds. The number of carbonyl (C=O) groups excluding carboxylic acids is 1. The van der Waals surface area contributed by atoms with E-state index >= 15 is 0 Å². The first kappa shape index (κ1) is 12.3. The summed E-state index contributed by atoms with van der Waals surface area (Å²) in [6.07, 6.45) is 3.41. The largest absolute Gasteiger partial charge is 0.378 e. The highest BCUT2D eigenvalue weighted by molar-refractivity contribution is 7.17. The lowest BCUT2D eigenvalue weighted by molar-refractivity contribution is 0.0910. The lowest BCUT2D eigenvalue weighted by atomic mass is 10.2. The molecular weight excluding hydrogens is 238 g/mol. The minimum absolute atomic E-state index is 0.0882. The zero-order valence-corrected chi connectivity index (χ0v) is 10.7. The van der Waals surface area contributed by atoms with Crippen LogP contribution in [0.3, 0.4) is 0 Å². The van der Waals surface area contributed by atoms with Crippen molar-refractivity contribution in [3.63, 3.8) is 0 Å². The van der Waals surface area contributed by atoms with E-state index in [-0.39, 0.29) is 5.91 Å². The molecule has 2 rings (SSSR count). The summed E-state index contributed by atoms with van der Waals surface area (Å²) in [6.45, 7) is 3.28. The van der Waals surface area contributed by atoms with E-state index in [0.717, 1.165) is 25.9 Å². The van der Waals surface area contributed by atoms with Gasteiger partial charge in [0.1, 0.15) is 4.88 Å². The Hall–Kier alpha value is -1.14. The first-order valence-electron chi connectivity index (χ1n) is 5.79. The molecule has 1 aliphatic rings. The van der Waals surface area contributed by atoms with Gasteiger partial charge in [-0.1, -0.05) is 11.3 Å². The first-order chi connectivity index (χ1) is 8.16. The van der Waals surface area contributed by atoms with Crippen molar-refractivity contribution in [2.75, 3.05) is 18.9 Å². The molecule has 94 valence electrons. The van der Waals surface area contributed by atoms with Crippen LogP contribution in [0.15, 0.2) is 0 Å². The van der Waals surface area contributed by atoms with Crippen molar-refractivity contribution in [1.82, 2.24) is 10.3 Å². The molecule has 1 atom stereocenters. The molecule has 1 saturated heterocycles. The van der Waals surface area contributed by atoms with Gasteiger partial charge in [0.05, 0.1) is 11.8 Å². The number of nitrogens with zero attached hydrogens (tertiary/aromatic N) is 1. The van der Waals surface area contributed by atoms with Crippen LogP contribution in [0.4, 0.5) is 5.13 Å². The van der Waals surface area contributed by atoms with Gasteiger partial charge in [-0.3, -0.25) is 4.79 Å². The highest BCUT2D eigenvalue weighted by Crippen LogP contribution is 2.19. The number of amides is 1. The summed E-state index contributed by atoms with van der Waals surface area (Å²) in [6, 6.07) is 0. The van der Waals surface area contributed by atoms with Crippen LogP contribution in [0.1, 0.15) is 34.6 Å². The Morgan fingerprint density at radius 3 is 3.12 bits per heavy atom. The molecule has 6 heteroatoms. The van der Waals surface area contributed by atoms with Gasteiger partial charge in [0.2, 0.25) is 0 Å². The summed E-state index contributed by atoms with van der Waals surface area (Å²) >= 11 is 1.23. The second kappa shape index (κ2) is 5.46. The van der Waals surface area contributed by atoms with Crippen molar-refractivity contribution in [1.29, 1.82) is 0 Å². The van der Waals surface area contributed by atoms with Crippen LogP contribution in [0.25, 0.3) is 0 Å². The Bertz CT molecular complexity index is 399. The molecule has 2 heterocycles. The second-order valence-corrected chi connectivity index (χ2v) is 5.18. The highest BCUT2D eigenvalue weighted by atomic mass is 32.1. The smallest absolute Gasteiger partial charge is 0.263 e. The minimum atomic E-state index is -0.0882. The van der Waals surface area contributed by atoms with Crippen LogP contribution in [-0.4, -0.2) is 30.1 Å². The third-order valence-corrected chi connectivity index (χ3v) is 3.78. The van der Waals surface area contributed by atoms with Crippen LogP contribution in [0.2, 0.25) is 0 Å². The summed E-state index contributed by atoms with van der Waals surface area (Å²) < 4.78 is 5.49. The van der Waals surface area contributed by atoms with E-state index in [9.17, 15) is 4.79 Å². The van der Waals surface area contributed by atoms with E-state index in [1.165, 1.54) is 11.3 Å². The standard InChI is InChI=1S/C11H17N3O2S/c1-7-9(17-11(12)14-7)10(15)13-5-4-8-3-2-6-16-8/h8H,2-6H2,1H3,(H2,12,14)(H,13,15). The van der Waals surface area contributed by atoms with E-state index < -0.39 is 0 Å². The SMILES string of the molecule is Cc1nc(N)sc1C(=O)NCCC1CCCO1. The molecule has 0 spiro atoms. The minimum Gasteiger partial charge on any atom is -0.378 e. The topological polar surface area (TPSA) is 77.2 Å². The quantitative estimate of drug-likeness (QED) is 0.851. The average Bonchev–Trinajstić information content (AvgIpc) is 2.88. The molecule has 1 fully saturated rings. The highest BCUT2D eigenvalue weighted by Gasteiger charge is 2.17. The molecule has 0 radical (unpaired) electrons. The number of ether oxygens (including phenoxy) is 1. The third-order valence-electron chi connectivity index (χ3n) is 2.80. The number of thiazole rings is 1. The molecule has 0 aliphatic carbocycles. The maximum absolute atomic E-state index is 11.8. The molecule has 1 aromatic heterocycles. The summed E-state index contributed by atoms with van der Waals surface area (Å²) in [4.78, 5) is 16.5. The number of anilines is 1. The van der Waals surface area contributed by atoms with Gasteiger partial charge in [-0.05, 0) is 26.2 Å². The van der Waals surface area contributed by atoms with Crippen LogP contribution in [0.5, 0.6) is 0 Å². The van der Waals surface area contributed by atoms with Crippen molar-refractivity contribution < 1.29 is 9.53 Å². The van der Waals surface area contributed by atoms with E-state index in [4.69, 9.17) is 10.5 Å². The Morgan fingerprint density at radius 1 is 1.71 bits per heavy atom. The van der Waals surface area contributed by atoms with E-state index in [1.54, 1.807) is 6.92 Å². The maximum atomic E-state index is 11.8. The molecule has 1 unspecified atom stereocenters. The van der Waals surface area contributed by atoms with Gasteiger partial charge in [-0.2, -0.15) is 0 Å². The van der Waals surface area contributed by atoms with Gasteiger partial charge in [0.25, 0.3) is 5.91 Å². The molecule has 5 nitrogen and oxygen atoms in total. The van der Waals surface area contributed by atoms with Gasteiger partial charge < -0.3 is 15.8 Å². The van der Waals surface area contributed by atoms with Crippen LogP contribution in [0, 0.1) is 6.92 Å². The number of aryl methyl sites for hydroxylation is 1. The van der Waals surface area contributed by atoms with E-state index in [1.807, 2.05) is 0 Å². The number of aromatic nitrogens is 1. The van der Waals surface area contributed by atoms with Gasteiger partial charge in [0.15, 0.2) is 5.13 Å². The van der Waals surface area contributed by atoms with E-state index in [2.05, 4.69) is 10.3 Å². The molecule has 3 N–H and O–H groups in total. The van der Waals surface area contributed by atoms with Crippen molar-refractivity contribution >= 4 is 22.4 Å². The van der Waals surface area contributed by atoms with E-state index in [0.29, 0.717) is 28.4 Å². The molecule has 17 heavy (non-hydrogen) atoms. The normalized spacial score (nSPS) is 19.5. The molecule has 0 aromatic carbocycles. The Morgan fingerprint density at radius 2 is 2.53 bits per heavy atom. The van der Waals surface area contributed by atoms with Crippen molar-refractivity contribution in [2.24, 2.45) is 0 Å². The number of nitrogens with two attached hydrogens (primary N) is 1.